The molecule has 0 unspecified atom stereocenters. The molecule has 2 aliphatic rings. The molecule has 4 rings (SSSR count). The number of rotatable bonds is 4. The summed E-state index contributed by atoms with van der Waals surface area (Å²) in [5.41, 5.74) is 0.137. The van der Waals surface area contributed by atoms with Crippen molar-refractivity contribution in [3.63, 3.8) is 0 Å². The lowest BCUT2D eigenvalue weighted by atomic mass is 10.2. The summed E-state index contributed by atoms with van der Waals surface area (Å²) in [4.78, 5) is 12.6. The maximum absolute atomic E-state index is 13.0. The van der Waals surface area contributed by atoms with Crippen molar-refractivity contribution in [2.45, 2.75) is 31.0 Å². The first-order chi connectivity index (χ1) is 13.8. The highest BCUT2D eigenvalue weighted by molar-refractivity contribution is 7.89. The third-order valence-corrected chi connectivity index (χ3v) is 6.48. The third-order valence-electron chi connectivity index (χ3n) is 4.65. The van der Waals surface area contributed by atoms with E-state index in [4.69, 9.17) is 18.9 Å². The van der Waals surface area contributed by atoms with Gasteiger partial charge in [-0.05, 0) is 44.2 Å². The van der Waals surface area contributed by atoms with Crippen LogP contribution in [0.1, 0.15) is 24.2 Å². The number of sulfonamides is 1. The van der Waals surface area contributed by atoms with Crippen LogP contribution in [-0.2, 0) is 14.8 Å². The molecule has 0 saturated carbocycles. The van der Waals surface area contributed by atoms with E-state index < -0.39 is 16.0 Å². The molecule has 154 valence electrons. The van der Waals surface area contributed by atoms with Gasteiger partial charge in [-0.3, -0.25) is 0 Å². The number of carbonyl (C=O) groups excluding carboxylic acids is 1. The number of carbonyl (C=O) groups is 1. The Kier molecular flexibility index (Phi) is 5.20. The van der Waals surface area contributed by atoms with Gasteiger partial charge in [0.1, 0.15) is 5.75 Å². The summed E-state index contributed by atoms with van der Waals surface area (Å²) in [6.07, 6.45) is -0.402. The van der Waals surface area contributed by atoms with Crippen LogP contribution in [0.2, 0.25) is 0 Å². The molecular weight excluding hydrogens is 398 g/mol. The molecule has 0 bridgehead atoms. The van der Waals surface area contributed by atoms with Gasteiger partial charge in [0, 0.05) is 19.2 Å². The summed E-state index contributed by atoms with van der Waals surface area (Å²) in [6.45, 7) is 4.30. The molecule has 0 amide bonds. The Morgan fingerprint density at radius 2 is 1.76 bits per heavy atom. The normalized spacial score (nSPS) is 21.7. The summed E-state index contributed by atoms with van der Waals surface area (Å²) >= 11 is 0. The van der Waals surface area contributed by atoms with Gasteiger partial charge < -0.3 is 18.9 Å². The van der Waals surface area contributed by atoms with Crippen molar-refractivity contribution in [1.29, 1.82) is 0 Å². The van der Waals surface area contributed by atoms with E-state index in [9.17, 15) is 13.2 Å². The number of benzene rings is 2. The minimum atomic E-state index is -3.76. The topological polar surface area (TPSA) is 91.4 Å². The second-order valence-electron chi connectivity index (χ2n) is 7.01. The number of hydrogen-bond acceptors (Lipinski definition) is 7. The van der Waals surface area contributed by atoms with Crippen LogP contribution in [0.4, 0.5) is 0 Å². The lowest BCUT2D eigenvalue weighted by Crippen LogP contribution is -2.48. The van der Waals surface area contributed by atoms with Gasteiger partial charge in [0.25, 0.3) is 0 Å². The molecule has 29 heavy (non-hydrogen) atoms. The highest BCUT2D eigenvalue weighted by Crippen LogP contribution is 2.35. The summed E-state index contributed by atoms with van der Waals surface area (Å²) < 4.78 is 48.9. The van der Waals surface area contributed by atoms with Crippen molar-refractivity contribution in [2.75, 3.05) is 19.9 Å². The van der Waals surface area contributed by atoms with Gasteiger partial charge in [0.2, 0.25) is 16.8 Å². The van der Waals surface area contributed by atoms with Crippen LogP contribution >= 0.6 is 0 Å². The van der Waals surface area contributed by atoms with E-state index >= 15 is 0 Å². The van der Waals surface area contributed by atoms with Crippen LogP contribution < -0.4 is 14.2 Å². The minimum absolute atomic E-state index is 0.0407. The van der Waals surface area contributed by atoms with E-state index in [1.165, 1.54) is 28.6 Å². The zero-order valence-electron chi connectivity index (χ0n) is 16.0. The van der Waals surface area contributed by atoms with Gasteiger partial charge in [0.05, 0.1) is 22.7 Å². The summed E-state index contributed by atoms with van der Waals surface area (Å²) in [7, 11) is -3.76. The predicted molar refractivity (Wildman–Crippen MR) is 103 cm³/mol. The van der Waals surface area contributed by atoms with Crippen molar-refractivity contribution in [2.24, 2.45) is 0 Å². The highest BCUT2D eigenvalue weighted by atomic mass is 32.2. The van der Waals surface area contributed by atoms with Crippen LogP contribution in [-0.4, -0.2) is 50.8 Å². The Labute approximate surface area is 169 Å². The van der Waals surface area contributed by atoms with Crippen LogP contribution in [0.5, 0.6) is 17.2 Å². The molecule has 0 spiro atoms. The van der Waals surface area contributed by atoms with Crippen LogP contribution in [0.3, 0.4) is 0 Å². The quantitative estimate of drug-likeness (QED) is 0.555. The second kappa shape index (κ2) is 7.66. The van der Waals surface area contributed by atoms with Crippen molar-refractivity contribution in [3.05, 3.63) is 48.0 Å². The Morgan fingerprint density at radius 3 is 2.52 bits per heavy atom. The number of morpholine rings is 1. The number of fused-ring (bicyclic) bond motifs is 1. The minimum Gasteiger partial charge on any atom is -0.454 e. The van der Waals surface area contributed by atoms with E-state index in [1.54, 1.807) is 18.2 Å². The number of ether oxygens (including phenoxy) is 4. The van der Waals surface area contributed by atoms with E-state index in [0.29, 0.717) is 11.5 Å². The van der Waals surface area contributed by atoms with Crippen molar-refractivity contribution in [1.82, 2.24) is 4.31 Å². The van der Waals surface area contributed by atoms with E-state index in [2.05, 4.69) is 0 Å². The molecule has 2 atom stereocenters. The fraction of sp³-hybridized carbons (Fsp3) is 0.350. The maximum Gasteiger partial charge on any atom is 0.343 e. The second-order valence-corrected chi connectivity index (χ2v) is 8.95. The lowest BCUT2D eigenvalue weighted by molar-refractivity contribution is -0.0440. The molecule has 0 radical (unpaired) electrons. The van der Waals surface area contributed by atoms with Crippen molar-refractivity contribution >= 4 is 16.0 Å². The average molecular weight is 419 g/mol. The SMILES string of the molecule is C[C@@H]1CN(S(=O)(=O)c2cccc(C(=O)Oc3ccc4c(c3)OCO4)c2)C[C@H](C)O1. The van der Waals surface area contributed by atoms with Crippen LogP contribution in [0.15, 0.2) is 47.4 Å². The molecule has 0 aromatic heterocycles. The standard InChI is InChI=1S/C20H21NO7S/c1-13-10-21(11-14(2)27-13)29(23,24)17-5-3-4-15(8-17)20(22)28-16-6-7-18-19(9-16)26-12-25-18/h3-9,13-14H,10-12H2,1-2H3/t13-,14+. The van der Waals surface area contributed by atoms with Gasteiger partial charge >= 0.3 is 5.97 Å². The van der Waals surface area contributed by atoms with Gasteiger partial charge in [-0.15, -0.1) is 0 Å². The number of esters is 1. The summed E-state index contributed by atoms with van der Waals surface area (Å²) in [6, 6.07) is 10.6. The molecule has 8 nitrogen and oxygen atoms in total. The Hall–Kier alpha value is -2.62. The molecule has 0 aliphatic carbocycles. The first-order valence-electron chi connectivity index (χ1n) is 9.20. The first kappa shape index (κ1) is 19.7. The molecule has 2 heterocycles. The molecule has 2 aromatic rings. The molecule has 2 aromatic carbocycles. The lowest BCUT2D eigenvalue weighted by Gasteiger charge is -2.34. The Bertz CT molecular complexity index is 1030. The average Bonchev–Trinajstić information content (AvgIpc) is 3.15. The number of hydrogen-bond donors (Lipinski definition) is 0. The zero-order chi connectivity index (χ0) is 20.6. The molecule has 9 heteroatoms. The largest absolute Gasteiger partial charge is 0.454 e. The smallest absolute Gasteiger partial charge is 0.343 e. The Morgan fingerprint density at radius 1 is 1.03 bits per heavy atom. The van der Waals surface area contributed by atoms with Crippen molar-refractivity contribution in [3.8, 4) is 17.2 Å². The van der Waals surface area contributed by atoms with Gasteiger partial charge in [-0.25, -0.2) is 13.2 Å². The van der Waals surface area contributed by atoms with E-state index in [0.717, 1.165) is 0 Å². The summed E-state index contributed by atoms with van der Waals surface area (Å²) in [5, 5.41) is 0. The Balaban J connectivity index is 1.54. The first-order valence-corrected chi connectivity index (χ1v) is 10.6. The van der Waals surface area contributed by atoms with Crippen LogP contribution in [0.25, 0.3) is 0 Å². The van der Waals surface area contributed by atoms with Gasteiger partial charge in [0.15, 0.2) is 11.5 Å². The zero-order valence-corrected chi connectivity index (χ0v) is 16.8. The fourth-order valence-electron chi connectivity index (χ4n) is 3.37. The highest BCUT2D eigenvalue weighted by Gasteiger charge is 2.32. The number of nitrogens with zero attached hydrogens (tertiary/aromatic N) is 1. The monoisotopic (exact) mass is 419 g/mol. The van der Waals surface area contributed by atoms with Crippen molar-refractivity contribution < 1.29 is 32.2 Å². The van der Waals surface area contributed by atoms with Gasteiger partial charge in [-0.1, -0.05) is 6.07 Å². The van der Waals surface area contributed by atoms with Gasteiger partial charge in [-0.2, -0.15) is 4.31 Å². The van der Waals surface area contributed by atoms with E-state index in [1.807, 2.05) is 13.8 Å². The molecule has 2 aliphatic heterocycles. The molecule has 1 saturated heterocycles. The maximum atomic E-state index is 13.0. The third kappa shape index (κ3) is 4.07. The van der Waals surface area contributed by atoms with Crippen LogP contribution in [0, 0.1) is 0 Å². The summed E-state index contributed by atoms with van der Waals surface area (Å²) in [5.74, 6) is 0.682. The predicted octanol–water partition coefficient (Wildman–Crippen LogP) is 2.43. The molecular formula is C20H21NO7S. The molecule has 0 N–H and O–H groups in total. The fourth-order valence-corrected chi connectivity index (χ4v) is 5.00. The van der Waals surface area contributed by atoms with E-state index in [-0.39, 0.29) is 48.3 Å². The molecule has 1 fully saturated rings.